The molecule has 0 saturated carbocycles. The Balaban J connectivity index is 1.48. The van der Waals surface area contributed by atoms with Gasteiger partial charge in [0, 0.05) is 19.5 Å². The highest BCUT2D eigenvalue weighted by molar-refractivity contribution is 8.23. The first kappa shape index (κ1) is 20.5. The maximum absolute atomic E-state index is 13.1. The molecule has 0 N–H and O–H groups in total. The average Bonchev–Trinajstić information content (AvgIpc) is 3.43. The van der Waals surface area contributed by atoms with Gasteiger partial charge in [-0.05, 0) is 23.9 Å². The molecule has 2 aromatic rings. The van der Waals surface area contributed by atoms with Gasteiger partial charge in [0.2, 0.25) is 0 Å². The molecule has 1 unspecified atom stereocenters. The first-order valence-corrected chi connectivity index (χ1v) is 11.9. The number of hydrogen-bond acceptors (Lipinski definition) is 6. The fourth-order valence-corrected chi connectivity index (χ4v) is 5.23. The van der Waals surface area contributed by atoms with E-state index >= 15 is 0 Å². The third-order valence-corrected chi connectivity index (χ3v) is 7.45. The number of aryl methyl sites for hydroxylation is 1. The molecule has 1 saturated heterocycles. The van der Waals surface area contributed by atoms with Gasteiger partial charge >= 0.3 is 0 Å². The minimum Gasteiger partial charge on any atom is -0.378 e. The lowest BCUT2D eigenvalue weighted by Gasteiger charge is -2.29. The SMILES string of the molecule is Cc1ccc(C2CC(c3cccs3)=NN2C(=O)CSC(=S)N2CCOCC2)cc1. The second-order valence-corrected chi connectivity index (χ2v) is 9.60. The third kappa shape index (κ3) is 4.88. The summed E-state index contributed by atoms with van der Waals surface area (Å²) in [7, 11) is 0. The highest BCUT2D eigenvalue weighted by atomic mass is 32.2. The molecular formula is C21H23N3O2S3. The number of thiophene rings is 1. The average molecular weight is 446 g/mol. The van der Waals surface area contributed by atoms with Crippen molar-refractivity contribution in [2.24, 2.45) is 5.10 Å². The van der Waals surface area contributed by atoms with Crippen LogP contribution in [-0.4, -0.2) is 57.9 Å². The van der Waals surface area contributed by atoms with Gasteiger partial charge < -0.3 is 9.64 Å². The number of hydrogen-bond donors (Lipinski definition) is 0. The number of ether oxygens (including phenoxy) is 1. The van der Waals surface area contributed by atoms with Crippen molar-refractivity contribution in [2.45, 2.75) is 19.4 Å². The molecule has 1 amide bonds. The molecular weight excluding hydrogens is 422 g/mol. The van der Waals surface area contributed by atoms with Gasteiger partial charge in [-0.25, -0.2) is 5.01 Å². The maximum atomic E-state index is 13.1. The van der Waals surface area contributed by atoms with Crippen molar-refractivity contribution >= 4 is 51.3 Å². The lowest BCUT2D eigenvalue weighted by atomic mass is 10.00. The maximum Gasteiger partial charge on any atom is 0.253 e. The number of amides is 1. The minimum atomic E-state index is -0.0715. The molecule has 5 nitrogen and oxygen atoms in total. The van der Waals surface area contributed by atoms with E-state index < -0.39 is 0 Å². The van der Waals surface area contributed by atoms with E-state index in [9.17, 15) is 4.79 Å². The first-order chi connectivity index (χ1) is 14.1. The van der Waals surface area contributed by atoms with E-state index in [-0.39, 0.29) is 11.9 Å². The Kier molecular flexibility index (Phi) is 6.64. The van der Waals surface area contributed by atoms with E-state index in [4.69, 9.17) is 22.1 Å². The van der Waals surface area contributed by atoms with Crippen LogP contribution in [0, 0.1) is 6.92 Å². The number of carbonyl (C=O) groups is 1. The zero-order chi connectivity index (χ0) is 20.2. The van der Waals surface area contributed by atoms with Crippen molar-refractivity contribution in [2.75, 3.05) is 32.1 Å². The zero-order valence-electron chi connectivity index (χ0n) is 16.2. The molecule has 1 aromatic carbocycles. The van der Waals surface area contributed by atoms with Gasteiger partial charge in [-0.15, -0.1) is 11.3 Å². The van der Waals surface area contributed by atoms with Gasteiger partial charge in [0.05, 0.1) is 35.6 Å². The second kappa shape index (κ2) is 9.38. The van der Waals surface area contributed by atoms with Gasteiger partial charge in [0.15, 0.2) is 0 Å². The predicted octanol–water partition coefficient (Wildman–Crippen LogP) is 4.08. The topological polar surface area (TPSA) is 45.1 Å². The van der Waals surface area contributed by atoms with Crippen LogP contribution in [0.4, 0.5) is 0 Å². The molecule has 0 bridgehead atoms. The van der Waals surface area contributed by atoms with Crippen LogP contribution in [0.15, 0.2) is 46.9 Å². The molecule has 1 fully saturated rings. The quantitative estimate of drug-likeness (QED) is 0.664. The van der Waals surface area contributed by atoms with Crippen LogP contribution in [0.5, 0.6) is 0 Å². The highest BCUT2D eigenvalue weighted by Crippen LogP contribution is 2.34. The second-order valence-electron chi connectivity index (χ2n) is 7.05. The Morgan fingerprint density at radius 3 is 2.72 bits per heavy atom. The van der Waals surface area contributed by atoms with Crippen molar-refractivity contribution < 1.29 is 9.53 Å². The van der Waals surface area contributed by atoms with Crippen LogP contribution >= 0.6 is 35.3 Å². The van der Waals surface area contributed by atoms with E-state index in [1.807, 2.05) is 11.4 Å². The summed E-state index contributed by atoms with van der Waals surface area (Å²) in [5.41, 5.74) is 3.29. The van der Waals surface area contributed by atoms with E-state index in [1.54, 1.807) is 16.3 Å². The molecule has 8 heteroatoms. The lowest BCUT2D eigenvalue weighted by Crippen LogP contribution is -2.39. The number of carbonyl (C=O) groups excluding carboxylic acids is 1. The van der Waals surface area contributed by atoms with E-state index in [1.165, 1.54) is 17.3 Å². The monoisotopic (exact) mass is 445 g/mol. The van der Waals surface area contributed by atoms with Gasteiger partial charge in [0.1, 0.15) is 4.32 Å². The van der Waals surface area contributed by atoms with Crippen molar-refractivity contribution in [1.29, 1.82) is 0 Å². The molecule has 1 atom stereocenters. The number of thiocarbonyl (C=S) groups is 1. The fraction of sp³-hybridized carbons (Fsp3) is 0.381. The van der Waals surface area contributed by atoms with Gasteiger partial charge in [0.25, 0.3) is 5.91 Å². The van der Waals surface area contributed by atoms with Crippen molar-refractivity contribution in [3.8, 4) is 0 Å². The summed E-state index contributed by atoms with van der Waals surface area (Å²) in [6.45, 7) is 5.01. The van der Waals surface area contributed by atoms with Crippen LogP contribution < -0.4 is 0 Å². The van der Waals surface area contributed by atoms with Crippen LogP contribution in [-0.2, 0) is 9.53 Å². The predicted molar refractivity (Wildman–Crippen MR) is 124 cm³/mol. The standard InChI is InChI=1S/C21H23N3O2S3/c1-15-4-6-16(7-5-15)18-13-17(19-3-2-12-28-19)22-24(18)20(25)14-29-21(27)23-8-10-26-11-9-23/h2-7,12,18H,8-11,13-14H2,1H3. The summed E-state index contributed by atoms with van der Waals surface area (Å²) in [5, 5.41) is 8.42. The summed E-state index contributed by atoms with van der Waals surface area (Å²) in [4.78, 5) is 16.3. The molecule has 2 aliphatic heterocycles. The van der Waals surface area contributed by atoms with Gasteiger partial charge in [-0.3, -0.25) is 4.79 Å². The van der Waals surface area contributed by atoms with Crippen molar-refractivity contribution in [3.63, 3.8) is 0 Å². The molecule has 4 rings (SSSR count). The molecule has 29 heavy (non-hydrogen) atoms. The minimum absolute atomic E-state index is 0.0114. The van der Waals surface area contributed by atoms with Gasteiger partial charge in [-0.1, -0.05) is 59.9 Å². The molecule has 0 radical (unpaired) electrons. The molecule has 3 heterocycles. The van der Waals surface area contributed by atoms with Crippen LogP contribution in [0.2, 0.25) is 0 Å². The molecule has 2 aliphatic rings. The zero-order valence-corrected chi connectivity index (χ0v) is 18.7. The summed E-state index contributed by atoms with van der Waals surface area (Å²) < 4.78 is 6.13. The number of benzene rings is 1. The number of hydrazone groups is 1. The normalized spacial score (nSPS) is 19.3. The molecule has 152 valence electrons. The van der Waals surface area contributed by atoms with Crippen molar-refractivity contribution in [3.05, 3.63) is 57.8 Å². The molecule has 0 spiro atoms. The van der Waals surface area contributed by atoms with Crippen LogP contribution in [0.3, 0.4) is 0 Å². The lowest BCUT2D eigenvalue weighted by molar-refractivity contribution is -0.130. The Labute approximate surface area is 184 Å². The Morgan fingerprint density at radius 1 is 1.28 bits per heavy atom. The van der Waals surface area contributed by atoms with E-state index in [0.29, 0.717) is 19.0 Å². The fourth-order valence-electron chi connectivity index (χ4n) is 3.41. The summed E-state index contributed by atoms with van der Waals surface area (Å²) in [6.07, 6.45) is 0.730. The number of thioether (sulfide) groups is 1. The van der Waals surface area contributed by atoms with Gasteiger partial charge in [-0.2, -0.15) is 5.10 Å². The summed E-state index contributed by atoms with van der Waals surface area (Å²) in [6, 6.07) is 12.4. The number of rotatable bonds is 4. The molecule has 0 aliphatic carbocycles. The highest BCUT2D eigenvalue weighted by Gasteiger charge is 2.33. The Hall–Kier alpha value is -1.74. The van der Waals surface area contributed by atoms with Crippen LogP contribution in [0.1, 0.15) is 28.5 Å². The van der Waals surface area contributed by atoms with E-state index in [0.717, 1.165) is 40.0 Å². The van der Waals surface area contributed by atoms with Crippen molar-refractivity contribution in [1.82, 2.24) is 9.91 Å². The van der Waals surface area contributed by atoms with Crippen LogP contribution in [0.25, 0.3) is 0 Å². The first-order valence-electron chi connectivity index (χ1n) is 9.61. The number of morpholine rings is 1. The Morgan fingerprint density at radius 2 is 2.03 bits per heavy atom. The summed E-state index contributed by atoms with van der Waals surface area (Å²) >= 11 is 8.60. The third-order valence-electron chi connectivity index (χ3n) is 5.02. The smallest absolute Gasteiger partial charge is 0.253 e. The Bertz CT molecular complexity index is 890. The molecule has 1 aromatic heterocycles. The largest absolute Gasteiger partial charge is 0.378 e. The summed E-state index contributed by atoms with van der Waals surface area (Å²) in [5.74, 6) is 0.280. The van der Waals surface area contributed by atoms with E-state index in [2.05, 4.69) is 42.2 Å². The number of nitrogens with zero attached hydrogens (tertiary/aromatic N) is 3.